The highest BCUT2D eigenvalue weighted by molar-refractivity contribution is 6.31. The second-order valence-corrected chi connectivity index (χ2v) is 7.79. The molecule has 0 fully saturated rings. The van der Waals surface area contributed by atoms with Gasteiger partial charge in [0.05, 0.1) is 0 Å². The van der Waals surface area contributed by atoms with Gasteiger partial charge in [-0.1, -0.05) is 47.5 Å². The maximum atomic E-state index is 12.5. The second-order valence-electron chi connectivity index (χ2n) is 7.36. The third-order valence-corrected chi connectivity index (χ3v) is 4.94. The number of nitrogens with zero attached hydrogens (tertiary/aromatic N) is 1. The molecule has 0 aromatic heterocycles. The Hall–Kier alpha value is -4.08. The highest BCUT2D eigenvalue weighted by Crippen LogP contribution is 2.21. The standard InChI is InChI=1S/C26H22ClN3O3/c1-17-3-9-22(10-4-17)29-25(31)16-33-23-11-6-19(7-12-23)13-20(15-28)26(32)30-24-14-21(27)8-5-18(24)2/h3-14H,16H2,1-2H3,(H,29,31)(H,30,32)/b20-13+. The van der Waals surface area contributed by atoms with E-state index >= 15 is 0 Å². The van der Waals surface area contributed by atoms with E-state index in [0.717, 1.165) is 11.1 Å². The van der Waals surface area contributed by atoms with Crippen molar-refractivity contribution in [2.45, 2.75) is 13.8 Å². The summed E-state index contributed by atoms with van der Waals surface area (Å²) >= 11 is 5.98. The van der Waals surface area contributed by atoms with E-state index in [1.54, 1.807) is 42.5 Å². The number of anilines is 2. The number of carbonyl (C=O) groups excluding carboxylic acids is 2. The van der Waals surface area contributed by atoms with Crippen LogP contribution in [0.2, 0.25) is 5.02 Å². The van der Waals surface area contributed by atoms with E-state index in [-0.39, 0.29) is 18.1 Å². The Morgan fingerprint density at radius 3 is 2.36 bits per heavy atom. The van der Waals surface area contributed by atoms with E-state index in [9.17, 15) is 14.9 Å². The lowest BCUT2D eigenvalue weighted by Gasteiger charge is -2.09. The van der Waals surface area contributed by atoms with Crippen LogP contribution in [-0.4, -0.2) is 18.4 Å². The van der Waals surface area contributed by atoms with Gasteiger partial charge in [-0.25, -0.2) is 0 Å². The first-order chi connectivity index (χ1) is 15.8. The fraction of sp³-hybridized carbons (Fsp3) is 0.115. The zero-order chi connectivity index (χ0) is 23.8. The Bertz CT molecular complexity index is 1230. The summed E-state index contributed by atoms with van der Waals surface area (Å²) in [5.41, 5.74) is 3.76. The third kappa shape index (κ3) is 6.96. The summed E-state index contributed by atoms with van der Waals surface area (Å²) in [7, 11) is 0. The summed E-state index contributed by atoms with van der Waals surface area (Å²) in [6.45, 7) is 3.66. The predicted molar refractivity (Wildman–Crippen MR) is 130 cm³/mol. The van der Waals surface area contributed by atoms with Crippen molar-refractivity contribution >= 4 is 40.9 Å². The van der Waals surface area contributed by atoms with Gasteiger partial charge in [-0.3, -0.25) is 9.59 Å². The van der Waals surface area contributed by atoms with Crippen LogP contribution in [0.5, 0.6) is 5.75 Å². The molecule has 0 saturated heterocycles. The average molecular weight is 460 g/mol. The van der Waals surface area contributed by atoms with Crippen LogP contribution in [0.3, 0.4) is 0 Å². The van der Waals surface area contributed by atoms with Crippen molar-refractivity contribution < 1.29 is 14.3 Å². The van der Waals surface area contributed by atoms with E-state index in [0.29, 0.717) is 27.7 Å². The van der Waals surface area contributed by atoms with Crippen LogP contribution in [0, 0.1) is 25.2 Å². The molecule has 2 N–H and O–H groups in total. The van der Waals surface area contributed by atoms with E-state index in [4.69, 9.17) is 16.3 Å². The van der Waals surface area contributed by atoms with Crippen LogP contribution in [-0.2, 0) is 9.59 Å². The number of hydrogen-bond acceptors (Lipinski definition) is 4. The molecule has 33 heavy (non-hydrogen) atoms. The highest BCUT2D eigenvalue weighted by atomic mass is 35.5. The molecule has 0 aliphatic carbocycles. The zero-order valence-corrected chi connectivity index (χ0v) is 18.9. The van der Waals surface area contributed by atoms with Gasteiger partial charge in [-0.15, -0.1) is 0 Å². The van der Waals surface area contributed by atoms with Gasteiger partial charge >= 0.3 is 0 Å². The number of benzene rings is 3. The Labute approximate surface area is 197 Å². The van der Waals surface area contributed by atoms with Crippen molar-refractivity contribution in [3.63, 3.8) is 0 Å². The van der Waals surface area contributed by atoms with Crippen molar-refractivity contribution in [2.24, 2.45) is 0 Å². The molecule has 166 valence electrons. The minimum absolute atomic E-state index is 0.0551. The molecule has 3 aromatic rings. The molecule has 0 unspecified atom stereocenters. The minimum Gasteiger partial charge on any atom is -0.484 e. The monoisotopic (exact) mass is 459 g/mol. The number of halogens is 1. The van der Waals surface area contributed by atoms with Crippen molar-refractivity contribution in [3.05, 3.63) is 94.0 Å². The van der Waals surface area contributed by atoms with Gasteiger partial charge in [0.2, 0.25) is 0 Å². The number of nitriles is 1. The van der Waals surface area contributed by atoms with Gasteiger partial charge in [-0.05, 0) is 67.4 Å². The molecule has 3 aromatic carbocycles. The van der Waals surface area contributed by atoms with Gasteiger partial charge in [0.15, 0.2) is 6.61 Å². The van der Waals surface area contributed by atoms with Crippen molar-refractivity contribution in [1.82, 2.24) is 0 Å². The molecule has 0 saturated carbocycles. The topological polar surface area (TPSA) is 91.2 Å². The van der Waals surface area contributed by atoms with E-state index in [1.165, 1.54) is 6.08 Å². The smallest absolute Gasteiger partial charge is 0.266 e. The van der Waals surface area contributed by atoms with Crippen LogP contribution < -0.4 is 15.4 Å². The number of hydrogen-bond donors (Lipinski definition) is 2. The van der Waals surface area contributed by atoms with Crippen LogP contribution in [0.25, 0.3) is 6.08 Å². The largest absolute Gasteiger partial charge is 0.484 e. The molecule has 3 rings (SSSR count). The lowest BCUT2D eigenvalue weighted by Crippen LogP contribution is -2.20. The molecule has 0 atom stereocenters. The van der Waals surface area contributed by atoms with Gasteiger partial charge in [0, 0.05) is 16.4 Å². The molecule has 6 nitrogen and oxygen atoms in total. The Kier molecular flexibility index (Phi) is 7.85. The molecular formula is C26H22ClN3O3. The predicted octanol–water partition coefficient (Wildman–Crippen LogP) is 5.52. The van der Waals surface area contributed by atoms with E-state index in [1.807, 2.05) is 44.2 Å². The summed E-state index contributed by atoms with van der Waals surface area (Å²) in [6, 6.07) is 21.3. The quantitative estimate of drug-likeness (QED) is 0.359. The molecular weight excluding hydrogens is 438 g/mol. The third-order valence-electron chi connectivity index (χ3n) is 4.71. The van der Waals surface area contributed by atoms with Gasteiger partial charge < -0.3 is 15.4 Å². The number of aryl methyl sites for hydroxylation is 2. The number of carbonyl (C=O) groups is 2. The summed E-state index contributed by atoms with van der Waals surface area (Å²) in [5.74, 6) is -0.317. The van der Waals surface area contributed by atoms with Crippen LogP contribution in [0.15, 0.2) is 72.3 Å². The van der Waals surface area contributed by atoms with Gasteiger partial charge in [0.1, 0.15) is 17.4 Å². The number of rotatable bonds is 7. The Morgan fingerprint density at radius 2 is 1.70 bits per heavy atom. The molecule has 0 spiro atoms. The van der Waals surface area contributed by atoms with Crippen LogP contribution >= 0.6 is 11.6 Å². The van der Waals surface area contributed by atoms with E-state index in [2.05, 4.69) is 10.6 Å². The minimum atomic E-state index is -0.532. The highest BCUT2D eigenvalue weighted by Gasteiger charge is 2.11. The lowest BCUT2D eigenvalue weighted by atomic mass is 10.1. The molecule has 0 heterocycles. The first kappa shape index (κ1) is 23.6. The fourth-order valence-corrected chi connectivity index (χ4v) is 3.05. The number of amides is 2. The summed E-state index contributed by atoms with van der Waals surface area (Å²) in [5, 5.41) is 15.4. The summed E-state index contributed by atoms with van der Waals surface area (Å²) in [6.07, 6.45) is 1.48. The maximum Gasteiger partial charge on any atom is 0.266 e. The van der Waals surface area contributed by atoms with Crippen molar-refractivity contribution in [2.75, 3.05) is 17.2 Å². The Morgan fingerprint density at radius 1 is 1.00 bits per heavy atom. The van der Waals surface area contributed by atoms with E-state index < -0.39 is 5.91 Å². The van der Waals surface area contributed by atoms with Crippen molar-refractivity contribution in [1.29, 1.82) is 5.26 Å². The zero-order valence-electron chi connectivity index (χ0n) is 18.2. The molecule has 0 aliphatic heterocycles. The normalized spacial score (nSPS) is 10.8. The molecule has 7 heteroatoms. The second kappa shape index (κ2) is 11.0. The first-order valence-corrected chi connectivity index (χ1v) is 10.5. The maximum absolute atomic E-state index is 12.5. The molecule has 2 amide bonds. The Balaban J connectivity index is 1.59. The lowest BCUT2D eigenvalue weighted by molar-refractivity contribution is -0.118. The summed E-state index contributed by atoms with van der Waals surface area (Å²) < 4.78 is 5.51. The first-order valence-electron chi connectivity index (χ1n) is 10.1. The number of nitrogens with one attached hydrogen (secondary N) is 2. The number of ether oxygens (including phenoxy) is 1. The SMILES string of the molecule is Cc1ccc(NC(=O)COc2ccc(/C=C(\C#N)C(=O)Nc3cc(Cl)ccc3C)cc2)cc1. The average Bonchev–Trinajstić information content (AvgIpc) is 2.80. The van der Waals surface area contributed by atoms with Gasteiger partial charge in [0.25, 0.3) is 11.8 Å². The summed E-state index contributed by atoms with van der Waals surface area (Å²) in [4.78, 5) is 24.6. The molecule has 0 aliphatic rings. The van der Waals surface area contributed by atoms with Crippen LogP contribution in [0.4, 0.5) is 11.4 Å². The van der Waals surface area contributed by atoms with Crippen molar-refractivity contribution in [3.8, 4) is 11.8 Å². The van der Waals surface area contributed by atoms with Gasteiger partial charge in [-0.2, -0.15) is 5.26 Å². The molecule has 0 radical (unpaired) electrons. The van der Waals surface area contributed by atoms with Crippen LogP contribution in [0.1, 0.15) is 16.7 Å². The fourth-order valence-electron chi connectivity index (χ4n) is 2.88. The molecule has 0 bridgehead atoms.